The number of carboxylic acids is 1. The summed E-state index contributed by atoms with van der Waals surface area (Å²) in [6.07, 6.45) is -5.08. The van der Waals surface area contributed by atoms with Crippen LogP contribution in [0.15, 0.2) is 72.8 Å². The first kappa shape index (κ1) is 32.9. The Bertz CT molecular complexity index is 1370. The van der Waals surface area contributed by atoms with Gasteiger partial charge in [-0.25, -0.2) is 4.79 Å². The van der Waals surface area contributed by atoms with Gasteiger partial charge in [-0.05, 0) is 67.9 Å². The van der Waals surface area contributed by atoms with Crippen LogP contribution in [0.1, 0.15) is 41.4 Å². The van der Waals surface area contributed by atoms with E-state index in [1.807, 2.05) is 13.8 Å². The van der Waals surface area contributed by atoms with Gasteiger partial charge in [0.15, 0.2) is 11.5 Å². The summed E-state index contributed by atoms with van der Waals surface area (Å²) in [7, 11) is 0. The van der Waals surface area contributed by atoms with E-state index >= 15 is 0 Å². The van der Waals surface area contributed by atoms with Gasteiger partial charge in [0.25, 0.3) is 11.8 Å². The summed E-state index contributed by atoms with van der Waals surface area (Å²) < 4.78 is 43.1. The zero-order chi connectivity index (χ0) is 31.3. The number of nitrogen functional groups attached to an aromatic ring is 1. The molecule has 0 aliphatic carbocycles. The van der Waals surface area contributed by atoms with Crippen molar-refractivity contribution < 1.29 is 42.1 Å². The number of anilines is 1. The van der Waals surface area contributed by atoms with Crippen molar-refractivity contribution in [3.63, 3.8) is 0 Å². The molecule has 224 valence electrons. The number of amides is 2. The summed E-state index contributed by atoms with van der Waals surface area (Å²) in [6.45, 7) is 4.63. The van der Waals surface area contributed by atoms with E-state index in [1.54, 1.807) is 72.8 Å². The molecule has 0 heterocycles. The molecule has 1 atom stereocenters. The zero-order valence-corrected chi connectivity index (χ0v) is 22.6. The summed E-state index contributed by atoms with van der Waals surface area (Å²) >= 11 is 0. The quantitative estimate of drug-likeness (QED) is 0.117. The number of rotatable bonds is 10. The number of halogens is 3. The van der Waals surface area contributed by atoms with Crippen LogP contribution in [0.4, 0.5) is 18.9 Å². The van der Waals surface area contributed by atoms with Crippen LogP contribution in [0.2, 0.25) is 0 Å². The highest BCUT2D eigenvalue weighted by Crippen LogP contribution is 2.32. The molecule has 0 saturated heterocycles. The molecule has 0 aliphatic heterocycles. The summed E-state index contributed by atoms with van der Waals surface area (Å²) in [5.74, 6) is -2.66. The molecule has 0 saturated carbocycles. The zero-order valence-electron chi connectivity index (χ0n) is 22.6. The summed E-state index contributed by atoms with van der Waals surface area (Å²) in [4.78, 5) is 34.5. The molecular weight excluding hydrogens is 559 g/mol. The Balaban J connectivity index is 0.000000782. The van der Waals surface area contributed by atoms with Crippen LogP contribution < -0.4 is 31.4 Å². The van der Waals surface area contributed by atoms with Gasteiger partial charge in [0.2, 0.25) is 0 Å². The highest BCUT2D eigenvalue weighted by molar-refractivity contribution is 5.97. The monoisotopic (exact) mass is 589 g/mol. The number of nitrogens with one attached hydrogen (secondary N) is 4. The molecular formula is C28H30F3N5O6. The van der Waals surface area contributed by atoms with Gasteiger partial charge in [0.05, 0.1) is 13.2 Å². The fourth-order valence-corrected chi connectivity index (χ4v) is 3.31. The number of carbonyl (C=O) groups excluding carboxylic acids is 2. The van der Waals surface area contributed by atoms with Crippen LogP contribution in [0.5, 0.6) is 11.5 Å². The number of carboxylic acid groups (broad SMARTS) is 1. The van der Waals surface area contributed by atoms with Crippen LogP contribution in [0.25, 0.3) is 0 Å². The molecule has 0 aliphatic rings. The molecule has 0 fully saturated rings. The Morgan fingerprint density at radius 1 is 0.881 bits per heavy atom. The molecule has 2 amide bonds. The predicted octanol–water partition coefficient (Wildman–Crippen LogP) is 4.02. The van der Waals surface area contributed by atoms with Crippen molar-refractivity contribution in [3.8, 4) is 11.5 Å². The number of hydrogen-bond donors (Lipinski definition) is 6. The second kappa shape index (κ2) is 15.5. The Kier molecular flexibility index (Phi) is 12.2. The number of amidine groups is 1. The lowest BCUT2D eigenvalue weighted by atomic mass is 10.0. The third-order valence-corrected chi connectivity index (χ3v) is 5.25. The van der Waals surface area contributed by atoms with E-state index in [-0.39, 0.29) is 5.84 Å². The second-order valence-electron chi connectivity index (χ2n) is 8.25. The lowest BCUT2D eigenvalue weighted by Crippen LogP contribution is -2.45. The summed E-state index contributed by atoms with van der Waals surface area (Å²) in [5, 5.41) is 17.9. The molecule has 1 unspecified atom stereocenters. The third-order valence-electron chi connectivity index (χ3n) is 5.25. The van der Waals surface area contributed by atoms with Gasteiger partial charge in [0, 0.05) is 16.8 Å². The van der Waals surface area contributed by atoms with E-state index < -0.39 is 30.0 Å². The van der Waals surface area contributed by atoms with Crippen molar-refractivity contribution in [1.82, 2.24) is 10.9 Å². The minimum Gasteiger partial charge on any atom is -0.490 e. The average molecular weight is 590 g/mol. The van der Waals surface area contributed by atoms with Crippen LogP contribution in [-0.2, 0) is 9.59 Å². The van der Waals surface area contributed by atoms with E-state index in [0.717, 1.165) is 0 Å². The Morgan fingerprint density at radius 2 is 1.45 bits per heavy atom. The largest absolute Gasteiger partial charge is 0.490 e. The Hall–Kier alpha value is -5.27. The van der Waals surface area contributed by atoms with Crippen LogP contribution in [0, 0.1) is 5.41 Å². The SMILES string of the molecule is CCOc1ccc(C(Nc2ccc(C(=N)N)cc2)C(=O)NNC(=O)c2ccccc2)cc1OCC.O=C(O)C(F)(F)F. The summed E-state index contributed by atoms with van der Waals surface area (Å²) in [6, 6.07) is 19.7. The van der Waals surface area contributed by atoms with Crippen molar-refractivity contribution in [2.45, 2.75) is 26.1 Å². The maximum absolute atomic E-state index is 13.2. The van der Waals surface area contributed by atoms with Gasteiger partial charge in [-0.15, -0.1) is 0 Å². The molecule has 42 heavy (non-hydrogen) atoms. The molecule has 3 aromatic carbocycles. The van der Waals surface area contributed by atoms with Crippen molar-refractivity contribution in [1.29, 1.82) is 5.41 Å². The van der Waals surface area contributed by atoms with Crippen molar-refractivity contribution in [3.05, 3.63) is 89.5 Å². The number of hydrazine groups is 1. The van der Waals surface area contributed by atoms with Gasteiger partial charge in [-0.2, -0.15) is 13.2 Å². The number of carbonyl (C=O) groups is 3. The number of benzene rings is 3. The predicted molar refractivity (Wildman–Crippen MR) is 148 cm³/mol. The minimum atomic E-state index is -5.08. The fraction of sp³-hybridized carbons (Fsp3) is 0.214. The number of aliphatic carboxylic acids is 1. The topological polar surface area (TPSA) is 176 Å². The highest BCUT2D eigenvalue weighted by Gasteiger charge is 2.38. The molecule has 0 bridgehead atoms. The lowest BCUT2D eigenvalue weighted by molar-refractivity contribution is -0.192. The third kappa shape index (κ3) is 10.0. The first-order valence-corrected chi connectivity index (χ1v) is 12.4. The normalized spacial score (nSPS) is 11.2. The average Bonchev–Trinajstić information content (AvgIpc) is 2.96. The molecule has 11 nitrogen and oxygen atoms in total. The van der Waals surface area contributed by atoms with Crippen molar-refractivity contribution >= 4 is 29.3 Å². The molecule has 3 aromatic rings. The van der Waals surface area contributed by atoms with E-state index in [9.17, 15) is 22.8 Å². The van der Waals surface area contributed by atoms with E-state index in [1.165, 1.54) is 0 Å². The number of ether oxygens (including phenoxy) is 2. The number of hydrogen-bond acceptors (Lipinski definition) is 7. The van der Waals surface area contributed by atoms with Crippen LogP contribution in [0.3, 0.4) is 0 Å². The van der Waals surface area contributed by atoms with E-state index in [2.05, 4.69) is 16.2 Å². The van der Waals surface area contributed by atoms with Crippen molar-refractivity contribution in [2.75, 3.05) is 18.5 Å². The molecule has 7 N–H and O–H groups in total. The maximum Gasteiger partial charge on any atom is 0.490 e. The molecule has 0 aromatic heterocycles. The van der Waals surface area contributed by atoms with E-state index in [4.69, 9.17) is 30.5 Å². The second-order valence-corrected chi connectivity index (χ2v) is 8.25. The Morgan fingerprint density at radius 3 is 1.98 bits per heavy atom. The first-order chi connectivity index (χ1) is 19.9. The lowest BCUT2D eigenvalue weighted by Gasteiger charge is -2.22. The van der Waals surface area contributed by atoms with Crippen LogP contribution in [-0.4, -0.2) is 48.1 Å². The molecule has 0 spiro atoms. The standard InChI is InChI=1S/C26H29N5O4.C2HF3O2/c1-3-34-21-15-12-19(16-22(21)35-4-2)23(29-20-13-10-17(11-14-20)24(27)28)26(33)31-30-25(32)18-8-6-5-7-9-18;3-2(4,5)1(6)7/h5-16,23,29H,3-4H2,1-2H3,(H3,27,28)(H,30,32)(H,31,33);(H,6,7). The molecule has 0 radical (unpaired) electrons. The van der Waals surface area contributed by atoms with E-state index in [0.29, 0.717) is 47.1 Å². The van der Waals surface area contributed by atoms with Crippen molar-refractivity contribution in [2.24, 2.45) is 5.73 Å². The van der Waals surface area contributed by atoms with Gasteiger partial charge >= 0.3 is 12.1 Å². The smallest absolute Gasteiger partial charge is 0.490 e. The fourth-order valence-electron chi connectivity index (χ4n) is 3.31. The highest BCUT2D eigenvalue weighted by atomic mass is 19.4. The maximum atomic E-state index is 13.2. The van der Waals surface area contributed by atoms with Gasteiger partial charge in [-0.1, -0.05) is 24.3 Å². The molecule has 3 rings (SSSR count). The van der Waals surface area contributed by atoms with Gasteiger partial charge < -0.3 is 25.6 Å². The minimum absolute atomic E-state index is 0.0534. The number of alkyl halides is 3. The first-order valence-electron chi connectivity index (χ1n) is 12.4. The molecule has 14 heteroatoms. The van der Waals surface area contributed by atoms with Gasteiger partial charge in [-0.3, -0.25) is 25.8 Å². The Labute approximate surface area is 239 Å². The number of nitrogens with two attached hydrogens (primary N) is 1. The summed E-state index contributed by atoms with van der Waals surface area (Å²) in [5.41, 5.74) is 12.7. The van der Waals surface area contributed by atoms with Crippen LogP contribution >= 0.6 is 0 Å². The van der Waals surface area contributed by atoms with Gasteiger partial charge in [0.1, 0.15) is 11.9 Å².